The summed E-state index contributed by atoms with van der Waals surface area (Å²) in [7, 11) is 3.55. The predicted octanol–water partition coefficient (Wildman–Crippen LogP) is 0.325. The van der Waals surface area contributed by atoms with Crippen LogP contribution in [0.2, 0.25) is 0 Å². The van der Waals surface area contributed by atoms with Crippen LogP contribution < -0.4 is 16.0 Å². The molecule has 2 heterocycles. The van der Waals surface area contributed by atoms with Crippen LogP contribution in [0.15, 0.2) is 0 Å². The minimum absolute atomic E-state index is 0.0655. The van der Waals surface area contributed by atoms with Gasteiger partial charge in [-0.1, -0.05) is 12.2 Å². The molecule has 0 radical (unpaired) electrons. The third-order valence-electron chi connectivity index (χ3n) is 3.99. The Kier molecular flexibility index (Phi) is 3.73. The van der Waals surface area contributed by atoms with Crippen LogP contribution in [0.5, 0.6) is 0 Å². The smallest absolute Gasteiger partial charge is 0.227 e. The molecule has 1 saturated heterocycles. The maximum atomic E-state index is 12.0. The van der Waals surface area contributed by atoms with E-state index < -0.39 is 0 Å². The highest BCUT2D eigenvalue weighted by Gasteiger charge is 2.41. The first-order valence-corrected chi connectivity index (χ1v) is 7.01. The van der Waals surface area contributed by atoms with Crippen molar-refractivity contribution >= 4 is 28.9 Å². The molecule has 1 atom stereocenters. The van der Waals surface area contributed by atoms with Crippen LogP contribution in [0.25, 0.3) is 0 Å². The van der Waals surface area contributed by atoms with Gasteiger partial charge in [0.1, 0.15) is 10.8 Å². The van der Waals surface area contributed by atoms with Crippen molar-refractivity contribution in [3.05, 3.63) is 11.3 Å². The molecule has 0 saturated carbocycles. The normalized spacial score (nSPS) is 22.1. The van der Waals surface area contributed by atoms with Crippen molar-refractivity contribution in [3.63, 3.8) is 0 Å². The van der Waals surface area contributed by atoms with E-state index in [9.17, 15) is 4.79 Å². The first-order chi connectivity index (χ1) is 9.30. The van der Waals surface area contributed by atoms with Crippen molar-refractivity contribution in [3.8, 4) is 0 Å². The monoisotopic (exact) mass is 295 g/mol. The summed E-state index contributed by atoms with van der Waals surface area (Å²) in [6.07, 6.45) is 0.799. The van der Waals surface area contributed by atoms with E-state index in [1.165, 1.54) is 0 Å². The molecule has 110 valence electrons. The molecule has 1 aromatic rings. The van der Waals surface area contributed by atoms with Gasteiger partial charge in [0.2, 0.25) is 5.91 Å². The maximum Gasteiger partial charge on any atom is 0.227 e. The van der Waals surface area contributed by atoms with Gasteiger partial charge in [-0.05, 0) is 20.3 Å². The lowest BCUT2D eigenvalue weighted by molar-refractivity contribution is -0.128. The van der Waals surface area contributed by atoms with E-state index >= 15 is 0 Å². The second-order valence-corrected chi connectivity index (χ2v) is 6.02. The Morgan fingerprint density at radius 1 is 1.55 bits per heavy atom. The number of nitrogens with two attached hydrogens (primary N) is 1. The number of nitrogens with one attached hydrogen (secondary N) is 1. The van der Waals surface area contributed by atoms with Crippen LogP contribution in [0.4, 0.5) is 5.82 Å². The molecule has 1 aromatic heterocycles. The number of hydrogen-bond acceptors (Lipinski definition) is 4. The molecule has 1 amide bonds. The van der Waals surface area contributed by atoms with Crippen molar-refractivity contribution in [1.29, 1.82) is 0 Å². The van der Waals surface area contributed by atoms with E-state index in [2.05, 4.69) is 15.3 Å². The van der Waals surface area contributed by atoms with Crippen LogP contribution in [0.3, 0.4) is 0 Å². The number of carbonyl (C=O) groups is 1. The van der Waals surface area contributed by atoms with Gasteiger partial charge in [0.15, 0.2) is 0 Å². The second kappa shape index (κ2) is 5.05. The van der Waals surface area contributed by atoms with Crippen LogP contribution in [-0.4, -0.2) is 40.8 Å². The summed E-state index contributed by atoms with van der Waals surface area (Å²) in [5, 5.41) is 7.13. The van der Waals surface area contributed by atoms with Crippen molar-refractivity contribution in [1.82, 2.24) is 15.1 Å². The first kappa shape index (κ1) is 14.8. The quantitative estimate of drug-likeness (QED) is 0.786. The molecule has 2 rings (SSSR count). The zero-order valence-corrected chi connectivity index (χ0v) is 13.2. The third-order valence-corrected chi connectivity index (χ3v) is 4.19. The first-order valence-electron chi connectivity index (χ1n) is 6.60. The average Bonchev–Trinajstić information content (AvgIpc) is 2.89. The van der Waals surface area contributed by atoms with Crippen molar-refractivity contribution in [2.45, 2.75) is 20.3 Å². The minimum atomic E-state index is -0.388. The molecule has 1 fully saturated rings. The van der Waals surface area contributed by atoms with E-state index in [1.807, 2.05) is 20.9 Å². The Balaban J connectivity index is 2.36. The molecule has 0 aromatic carbocycles. The molecule has 20 heavy (non-hydrogen) atoms. The zero-order valence-electron chi connectivity index (χ0n) is 12.4. The lowest BCUT2D eigenvalue weighted by atomic mass is 9.89. The molecule has 0 bridgehead atoms. The standard InChI is InChI=1S/C13H21N5OS/c1-8-9(10(14)20)11(17(4)16-8)18-6-5-13(2,7-18)12(19)15-3/h5-7H2,1-4H3,(H2,14,20)(H,15,19). The fourth-order valence-corrected chi connectivity index (χ4v) is 3.17. The molecular weight excluding hydrogens is 274 g/mol. The lowest BCUT2D eigenvalue weighted by Gasteiger charge is -2.24. The van der Waals surface area contributed by atoms with E-state index in [0.29, 0.717) is 11.5 Å². The predicted molar refractivity (Wildman–Crippen MR) is 82.8 cm³/mol. The number of amides is 1. The van der Waals surface area contributed by atoms with E-state index in [1.54, 1.807) is 11.7 Å². The van der Waals surface area contributed by atoms with Gasteiger partial charge in [0.25, 0.3) is 0 Å². The van der Waals surface area contributed by atoms with Gasteiger partial charge in [-0.25, -0.2) is 0 Å². The number of nitrogens with zero attached hydrogens (tertiary/aromatic N) is 3. The largest absolute Gasteiger partial charge is 0.389 e. The summed E-state index contributed by atoms with van der Waals surface area (Å²) in [6.45, 7) is 5.31. The summed E-state index contributed by atoms with van der Waals surface area (Å²) in [6, 6.07) is 0. The highest BCUT2D eigenvalue weighted by Crippen LogP contribution is 2.35. The van der Waals surface area contributed by atoms with Gasteiger partial charge in [-0.15, -0.1) is 0 Å². The van der Waals surface area contributed by atoms with Gasteiger partial charge >= 0.3 is 0 Å². The van der Waals surface area contributed by atoms with Crippen LogP contribution in [0, 0.1) is 12.3 Å². The van der Waals surface area contributed by atoms with Crippen molar-refractivity contribution in [2.75, 3.05) is 25.0 Å². The van der Waals surface area contributed by atoms with Gasteiger partial charge < -0.3 is 16.0 Å². The van der Waals surface area contributed by atoms with Crippen molar-refractivity contribution < 1.29 is 4.79 Å². The molecule has 1 unspecified atom stereocenters. The van der Waals surface area contributed by atoms with E-state index in [4.69, 9.17) is 18.0 Å². The highest BCUT2D eigenvalue weighted by atomic mass is 32.1. The Morgan fingerprint density at radius 3 is 2.75 bits per heavy atom. The maximum absolute atomic E-state index is 12.0. The van der Waals surface area contributed by atoms with Gasteiger partial charge in [-0.2, -0.15) is 5.10 Å². The van der Waals surface area contributed by atoms with E-state index in [0.717, 1.165) is 30.0 Å². The molecule has 1 aliphatic heterocycles. The summed E-state index contributed by atoms with van der Waals surface area (Å²) in [5.74, 6) is 0.971. The van der Waals surface area contributed by atoms with Gasteiger partial charge in [-0.3, -0.25) is 9.48 Å². The number of carbonyl (C=O) groups excluding carboxylic acids is 1. The van der Waals surface area contributed by atoms with Crippen LogP contribution in [-0.2, 0) is 11.8 Å². The molecule has 7 heteroatoms. The topological polar surface area (TPSA) is 76.2 Å². The second-order valence-electron chi connectivity index (χ2n) is 5.58. The Hall–Kier alpha value is -1.63. The average molecular weight is 295 g/mol. The Morgan fingerprint density at radius 2 is 2.20 bits per heavy atom. The molecule has 0 spiro atoms. The summed E-state index contributed by atoms with van der Waals surface area (Å²) in [4.78, 5) is 14.5. The number of aryl methyl sites for hydroxylation is 2. The van der Waals surface area contributed by atoms with Crippen molar-refractivity contribution in [2.24, 2.45) is 18.2 Å². The van der Waals surface area contributed by atoms with E-state index in [-0.39, 0.29) is 11.3 Å². The van der Waals surface area contributed by atoms with Gasteiger partial charge in [0, 0.05) is 27.2 Å². The molecule has 0 aliphatic carbocycles. The number of aromatic nitrogens is 2. The lowest BCUT2D eigenvalue weighted by Crippen LogP contribution is -2.39. The number of anilines is 1. The fourth-order valence-electron chi connectivity index (χ4n) is 2.93. The zero-order chi connectivity index (χ0) is 15.1. The van der Waals surface area contributed by atoms with Crippen LogP contribution >= 0.6 is 12.2 Å². The molecule has 6 nitrogen and oxygen atoms in total. The fraction of sp³-hybridized carbons (Fsp3) is 0.615. The molecular formula is C13H21N5OS. The number of rotatable bonds is 3. The van der Waals surface area contributed by atoms with Gasteiger partial charge in [0.05, 0.1) is 16.7 Å². The summed E-state index contributed by atoms with van der Waals surface area (Å²) >= 11 is 5.14. The van der Waals surface area contributed by atoms with Crippen LogP contribution in [0.1, 0.15) is 24.6 Å². The summed E-state index contributed by atoms with van der Waals surface area (Å²) < 4.78 is 1.79. The number of thiocarbonyl (C=S) groups is 1. The molecule has 3 N–H and O–H groups in total. The molecule has 1 aliphatic rings. The summed E-state index contributed by atoms with van der Waals surface area (Å²) in [5.41, 5.74) is 7.07. The number of hydrogen-bond donors (Lipinski definition) is 2. The minimum Gasteiger partial charge on any atom is -0.389 e. The highest BCUT2D eigenvalue weighted by molar-refractivity contribution is 7.80. The third kappa shape index (κ3) is 2.26. The SMILES string of the molecule is CNC(=O)C1(C)CCN(c2c(C(N)=S)c(C)nn2C)C1. The Labute approximate surface area is 124 Å². The Bertz CT molecular complexity index is 567.